The van der Waals surface area contributed by atoms with Gasteiger partial charge in [0.1, 0.15) is 0 Å². The fraction of sp³-hybridized carbons (Fsp3) is 0.750. The number of hydrogen-bond donors (Lipinski definition) is 0. The summed E-state index contributed by atoms with van der Waals surface area (Å²) in [5.41, 5.74) is 1.20. The first kappa shape index (κ1) is 6.40. The lowest BCUT2D eigenvalue weighted by molar-refractivity contribution is 1.28. The van der Waals surface area contributed by atoms with Crippen molar-refractivity contribution in [3.63, 3.8) is 0 Å². The summed E-state index contributed by atoms with van der Waals surface area (Å²) in [7, 11) is 0. The van der Waals surface area contributed by atoms with E-state index >= 15 is 0 Å². The minimum absolute atomic E-state index is 1.07. The zero-order valence-electron chi connectivity index (χ0n) is 4.03. The lowest BCUT2D eigenvalue weighted by atomic mass is 10.3. The Kier molecular flexibility index (Phi) is 3.82. The van der Waals surface area contributed by atoms with Crippen LogP contribution in [-0.4, -0.2) is 5.71 Å². The van der Waals surface area contributed by atoms with Gasteiger partial charge >= 0.3 is 0 Å². The summed E-state index contributed by atoms with van der Waals surface area (Å²) in [6.45, 7) is 4.12. The highest BCUT2D eigenvalue weighted by Gasteiger charge is 1.76. The van der Waals surface area contributed by atoms with Gasteiger partial charge < -0.3 is 0 Å². The third-order valence-corrected chi connectivity index (χ3v) is 1.48. The molecule has 0 saturated heterocycles. The van der Waals surface area contributed by atoms with Crippen LogP contribution in [0, 0.1) is 0 Å². The van der Waals surface area contributed by atoms with E-state index in [1.165, 1.54) is 5.71 Å². The summed E-state index contributed by atoms with van der Waals surface area (Å²) < 4.78 is 3.89. The van der Waals surface area contributed by atoms with E-state index in [1.807, 2.05) is 29.8 Å². The largest absolute Gasteiger partial charge is 0.224 e. The molecule has 0 spiro atoms. The van der Waals surface area contributed by atoms with Crippen molar-refractivity contribution in [2.75, 3.05) is 0 Å². The van der Waals surface area contributed by atoms with Crippen LogP contribution in [0.3, 0.4) is 0 Å². The molecule has 0 N–H and O–H groups in total. The molecule has 0 atom stereocenters. The van der Waals surface area contributed by atoms with Crippen LogP contribution in [0.5, 0.6) is 0 Å². The normalized spacial score (nSPS) is 12.2. The van der Waals surface area contributed by atoms with Crippen LogP contribution >= 0.6 is 22.9 Å². The first-order valence-electron chi connectivity index (χ1n) is 1.95. The van der Waals surface area contributed by atoms with Crippen molar-refractivity contribution < 1.29 is 0 Å². The maximum atomic E-state index is 3.89. The van der Waals surface area contributed by atoms with Crippen LogP contribution in [0.25, 0.3) is 0 Å². The summed E-state index contributed by atoms with van der Waals surface area (Å²) in [6.07, 6.45) is 1.07. The highest BCUT2D eigenvalue weighted by atomic mass is 127. The standard InChI is InChI=1S/C4H8IN/c1-3-4(2)6-5/h3H2,1-2H3/b6-4-. The van der Waals surface area contributed by atoms with Crippen LogP contribution in [0.2, 0.25) is 0 Å². The lowest BCUT2D eigenvalue weighted by Crippen LogP contribution is -1.80. The summed E-state index contributed by atoms with van der Waals surface area (Å²) in [6, 6.07) is 0. The number of nitrogens with zero attached hydrogens (tertiary/aromatic N) is 1. The average Bonchev–Trinajstić information content (AvgIpc) is 1.65. The van der Waals surface area contributed by atoms with E-state index < -0.39 is 0 Å². The van der Waals surface area contributed by atoms with Gasteiger partial charge in [-0.15, -0.1) is 0 Å². The second-order valence-corrected chi connectivity index (χ2v) is 1.66. The summed E-state index contributed by atoms with van der Waals surface area (Å²) in [5.74, 6) is 0. The fourth-order valence-electron chi connectivity index (χ4n) is 0.0598. The van der Waals surface area contributed by atoms with Crippen molar-refractivity contribution in [2.24, 2.45) is 3.21 Å². The molecule has 0 unspecified atom stereocenters. The molecule has 6 heavy (non-hydrogen) atoms. The molecule has 1 nitrogen and oxygen atoms in total. The molecular formula is C4H8IN. The van der Waals surface area contributed by atoms with Crippen LogP contribution in [0.15, 0.2) is 3.21 Å². The molecule has 36 valence electrons. The Morgan fingerprint density at radius 3 is 2.33 bits per heavy atom. The average molecular weight is 197 g/mol. The molecule has 0 heterocycles. The van der Waals surface area contributed by atoms with Crippen molar-refractivity contribution in [3.05, 3.63) is 0 Å². The van der Waals surface area contributed by atoms with Gasteiger partial charge in [-0.05, 0) is 13.3 Å². The molecule has 0 aromatic rings. The van der Waals surface area contributed by atoms with Crippen molar-refractivity contribution >= 4 is 28.6 Å². The summed E-state index contributed by atoms with van der Waals surface area (Å²) in [5, 5.41) is 0. The zero-order chi connectivity index (χ0) is 4.99. The number of halogens is 1. The van der Waals surface area contributed by atoms with E-state index in [2.05, 4.69) is 10.1 Å². The first-order chi connectivity index (χ1) is 2.81. The van der Waals surface area contributed by atoms with Gasteiger partial charge in [0.05, 0.1) is 22.9 Å². The maximum Gasteiger partial charge on any atom is 0.0830 e. The molecule has 2 heteroatoms. The van der Waals surface area contributed by atoms with E-state index in [4.69, 9.17) is 0 Å². The van der Waals surface area contributed by atoms with Crippen molar-refractivity contribution in [2.45, 2.75) is 20.3 Å². The monoisotopic (exact) mass is 197 g/mol. The third-order valence-electron chi connectivity index (χ3n) is 0.656. The molecule has 0 saturated carbocycles. The van der Waals surface area contributed by atoms with Gasteiger partial charge in [0.25, 0.3) is 0 Å². The Morgan fingerprint density at radius 2 is 2.33 bits per heavy atom. The minimum atomic E-state index is 1.07. The van der Waals surface area contributed by atoms with Crippen LogP contribution in [0.1, 0.15) is 20.3 Å². The molecule has 0 aromatic carbocycles. The Morgan fingerprint density at radius 1 is 1.83 bits per heavy atom. The van der Waals surface area contributed by atoms with Crippen molar-refractivity contribution in [1.82, 2.24) is 0 Å². The van der Waals surface area contributed by atoms with Gasteiger partial charge in [0.15, 0.2) is 0 Å². The predicted octanol–water partition coefficient (Wildman–Crippen LogP) is 2.21. The van der Waals surface area contributed by atoms with Gasteiger partial charge in [-0.3, -0.25) is 0 Å². The highest BCUT2D eigenvalue weighted by molar-refractivity contribution is 14.1. The van der Waals surface area contributed by atoms with Gasteiger partial charge in [-0.1, -0.05) is 6.92 Å². The smallest absolute Gasteiger partial charge is 0.0830 e. The van der Waals surface area contributed by atoms with Gasteiger partial charge in [-0.25, -0.2) is 3.21 Å². The topological polar surface area (TPSA) is 12.4 Å². The molecular weight excluding hydrogens is 189 g/mol. The maximum absolute atomic E-state index is 3.89. The third kappa shape index (κ3) is 2.63. The van der Waals surface area contributed by atoms with Crippen molar-refractivity contribution in [1.29, 1.82) is 0 Å². The molecule has 0 rings (SSSR count). The lowest BCUT2D eigenvalue weighted by Gasteiger charge is -1.82. The number of rotatable bonds is 1. The van der Waals surface area contributed by atoms with Crippen LogP contribution < -0.4 is 0 Å². The SMILES string of the molecule is CC/C(C)=N\I. The van der Waals surface area contributed by atoms with Gasteiger partial charge in [-0.2, -0.15) is 0 Å². The number of hydrogen-bond acceptors (Lipinski definition) is 1. The van der Waals surface area contributed by atoms with Crippen LogP contribution in [-0.2, 0) is 0 Å². The van der Waals surface area contributed by atoms with E-state index in [0.29, 0.717) is 0 Å². The van der Waals surface area contributed by atoms with Gasteiger partial charge in [0, 0.05) is 5.71 Å². The molecule has 0 aromatic heterocycles. The van der Waals surface area contributed by atoms with Crippen molar-refractivity contribution in [3.8, 4) is 0 Å². The zero-order valence-corrected chi connectivity index (χ0v) is 6.19. The molecule has 0 aliphatic heterocycles. The molecule has 0 fully saturated rings. The van der Waals surface area contributed by atoms with Crippen LogP contribution in [0.4, 0.5) is 0 Å². The van der Waals surface area contributed by atoms with E-state index in [-0.39, 0.29) is 0 Å². The first-order valence-corrected chi connectivity index (χ1v) is 2.92. The van der Waals surface area contributed by atoms with E-state index in [9.17, 15) is 0 Å². The molecule has 0 aliphatic rings. The second-order valence-electron chi connectivity index (χ2n) is 1.17. The summed E-state index contributed by atoms with van der Waals surface area (Å²) >= 11 is 2.00. The van der Waals surface area contributed by atoms with E-state index in [0.717, 1.165) is 6.42 Å². The summed E-state index contributed by atoms with van der Waals surface area (Å²) in [4.78, 5) is 0. The second kappa shape index (κ2) is 3.59. The predicted molar refractivity (Wildman–Crippen MR) is 37.4 cm³/mol. The van der Waals surface area contributed by atoms with Gasteiger partial charge in [0.2, 0.25) is 0 Å². The van der Waals surface area contributed by atoms with E-state index in [1.54, 1.807) is 0 Å². The Bertz CT molecular complexity index is 58.6. The Balaban J connectivity index is 3.22. The highest BCUT2D eigenvalue weighted by Crippen LogP contribution is 1.88. The Hall–Kier alpha value is 0.400. The Labute approximate surface area is 52.3 Å². The molecule has 0 amide bonds. The quantitative estimate of drug-likeness (QED) is 0.451. The molecule has 0 aliphatic carbocycles. The minimum Gasteiger partial charge on any atom is -0.224 e. The molecule has 0 radical (unpaired) electrons. The fourth-order valence-corrected chi connectivity index (χ4v) is 0.401. The molecule has 0 bridgehead atoms.